The van der Waals surface area contributed by atoms with Gasteiger partial charge in [0.15, 0.2) is 12.1 Å². The summed E-state index contributed by atoms with van der Waals surface area (Å²) < 4.78 is 17.3. The maximum absolute atomic E-state index is 10.5. The number of fused-ring (bicyclic) bond motifs is 3. The summed E-state index contributed by atoms with van der Waals surface area (Å²) >= 11 is 1.99. The van der Waals surface area contributed by atoms with E-state index in [-0.39, 0.29) is 0 Å². The zero-order chi connectivity index (χ0) is 11.7. The third-order valence-corrected chi connectivity index (χ3v) is 4.14. The molecule has 0 saturated carbocycles. The molecule has 2 aliphatic heterocycles. The van der Waals surface area contributed by atoms with Crippen molar-refractivity contribution < 1.29 is 24.4 Å². The van der Waals surface area contributed by atoms with Crippen molar-refractivity contribution in [2.75, 3.05) is 0 Å². The molecule has 2 saturated heterocycles. The second-order valence-electron chi connectivity index (χ2n) is 4.84. The van der Waals surface area contributed by atoms with E-state index in [1.165, 1.54) is 0 Å². The van der Waals surface area contributed by atoms with E-state index in [1.54, 1.807) is 19.9 Å². The molecule has 0 aromatic carbocycles. The molecule has 6 heteroatoms. The van der Waals surface area contributed by atoms with Crippen molar-refractivity contribution >= 4 is 22.6 Å². The smallest absolute Gasteiger partial charge is 0.191 e. The van der Waals surface area contributed by atoms with Crippen LogP contribution in [0, 0.1) is 0 Å². The lowest BCUT2D eigenvalue weighted by atomic mass is 9.95. The van der Waals surface area contributed by atoms with Crippen molar-refractivity contribution in [1.82, 2.24) is 0 Å². The summed E-state index contributed by atoms with van der Waals surface area (Å²) in [5.74, 6) is -0.761. The molecule has 0 amide bonds. The van der Waals surface area contributed by atoms with Crippen LogP contribution in [-0.2, 0) is 14.2 Å². The topological polar surface area (TPSA) is 68.2 Å². The largest absolute Gasteiger partial charge is 0.385 e. The zero-order valence-corrected chi connectivity index (χ0v) is 11.0. The number of hydrogen-bond donors (Lipinski definition) is 2. The van der Waals surface area contributed by atoms with Gasteiger partial charge in [-0.25, -0.2) is 0 Å². The van der Waals surface area contributed by atoms with Crippen LogP contribution < -0.4 is 0 Å². The molecular weight excluding hydrogens is 327 g/mol. The second-order valence-corrected chi connectivity index (χ2v) is 6.09. The number of hydrogen-bond acceptors (Lipinski definition) is 5. The summed E-state index contributed by atoms with van der Waals surface area (Å²) in [7, 11) is 0. The molecule has 5 atom stereocenters. The Kier molecular flexibility index (Phi) is 2.26. The highest BCUT2D eigenvalue weighted by molar-refractivity contribution is 14.1. The van der Waals surface area contributed by atoms with E-state index in [0.29, 0.717) is 3.58 Å². The van der Waals surface area contributed by atoms with Gasteiger partial charge in [0.1, 0.15) is 23.9 Å². The van der Waals surface area contributed by atoms with Crippen LogP contribution in [0.3, 0.4) is 0 Å². The van der Waals surface area contributed by atoms with E-state index in [1.807, 2.05) is 22.6 Å². The number of ether oxygens (including phenoxy) is 3. The fraction of sp³-hybridized carbons (Fsp3) is 0.800. The van der Waals surface area contributed by atoms with E-state index in [0.717, 1.165) is 0 Å². The van der Waals surface area contributed by atoms with Crippen LogP contribution in [0.5, 0.6) is 0 Å². The minimum atomic E-state index is -1.28. The van der Waals surface area contributed by atoms with Crippen LogP contribution in [0.25, 0.3) is 0 Å². The fourth-order valence-corrected chi connectivity index (χ4v) is 3.33. The molecule has 90 valence electrons. The second kappa shape index (κ2) is 3.18. The van der Waals surface area contributed by atoms with Crippen LogP contribution in [0.4, 0.5) is 0 Å². The minimum Gasteiger partial charge on any atom is -0.385 e. The Hall–Kier alpha value is 0.270. The molecule has 3 rings (SSSR count). The molecule has 3 aliphatic rings. The number of aliphatic hydroxyl groups excluding tert-OH is 1. The van der Waals surface area contributed by atoms with E-state index < -0.39 is 36.0 Å². The summed E-state index contributed by atoms with van der Waals surface area (Å²) in [5, 5.41) is 20.3. The van der Waals surface area contributed by atoms with Crippen LogP contribution in [-0.4, -0.2) is 46.2 Å². The van der Waals surface area contributed by atoms with Gasteiger partial charge in [0.05, 0.1) is 0 Å². The summed E-state index contributed by atoms with van der Waals surface area (Å²) in [6, 6.07) is 0. The monoisotopic (exact) mass is 340 g/mol. The molecule has 0 aromatic rings. The first-order valence-corrected chi connectivity index (χ1v) is 6.21. The Morgan fingerprint density at radius 2 is 2.00 bits per heavy atom. The van der Waals surface area contributed by atoms with Crippen LogP contribution >= 0.6 is 22.6 Å². The summed E-state index contributed by atoms with van der Waals surface area (Å²) in [4.78, 5) is 0. The Balaban J connectivity index is 1.95. The minimum absolute atomic E-state index is 0.575. The Morgan fingerprint density at radius 3 is 2.69 bits per heavy atom. The maximum atomic E-state index is 10.5. The molecule has 0 spiro atoms. The first-order valence-electron chi connectivity index (χ1n) is 5.13. The molecular formula is C10H13IO5. The summed E-state index contributed by atoms with van der Waals surface area (Å²) in [5.41, 5.74) is -1.28. The number of halogens is 1. The van der Waals surface area contributed by atoms with Gasteiger partial charge in [-0.2, -0.15) is 0 Å². The predicted octanol–water partition coefficient (Wildman–Crippen LogP) is 0.287. The Morgan fingerprint density at radius 1 is 1.31 bits per heavy atom. The average molecular weight is 340 g/mol. The van der Waals surface area contributed by atoms with Gasteiger partial charge in [-0.3, -0.25) is 0 Å². The van der Waals surface area contributed by atoms with E-state index in [4.69, 9.17) is 14.2 Å². The Labute approximate surface area is 107 Å². The number of rotatable bonds is 0. The van der Waals surface area contributed by atoms with Gasteiger partial charge < -0.3 is 24.4 Å². The van der Waals surface area contributed by atoms with Crippen molar-refractivity contribution in [3.63, 3.8) is 0 Å². The molecule has 1 unspecified atom stereocenters. The van der Waals surface area contributed by atoms with Gasteiger partial charge in [-0.05, 0) is 42.5 Å². The van der Waals surface area contributed by atoms with Crippen molar-refractivity contribution in [3.8, 4) is 0 Å². The quantitative estimate of drug-likeness (QED) is 0.621. The van der Waals surface area contributed by atoms with Crippen LogP contribution in [0.1, 0.15) is 13.8 Å². The van der Waals surface area contributed by atoms with Gasteiger partial charge >= 0.3 is 0 Å². The highest BCUT2D eigenvalue weighted by Crippen LogP contribution is 2.49. The highest BCUT2D eigenvalue weighted by Gasteiger charge is 2.66. The normalized spacial score (nSPS) is 53.7. The zero-order valence-electron chi connectivity index (χ0n) is 8.88. The third-order valence-electron chi connectivity index (χ3n) is 3.19. The van der Waals surface area contributed by atoms with Crippen molar-refractivity contribution in [3.05, 3.63) is 9.66 Å². The lowest BCUT2D eigenvalue weighted by Gasteiger charge is -2.28. The molecule has 16 heavy (non-hydrogen) atoms. The van der Waals surface area contributed by atoms with Crippen molar-refractivity contribution in [2.24, 2.45) is 0 Å². The molecule has 1 aliphatic carbocycles. The first-order chi connectivity index (χ1) is 7.33. The van der Waals surface area contributed by atoms with Gasteiger partial charge in [0, 0.05) is 3.58 Å². The summed E-state index contributed by atoms with van der Waals surface area (Å²) in [6.07, 6.45) is -1.06. The predicted molar refractivity (Wildman–Crippen MR) is 61.8 cm³/mol. The van der Waals surface area contributed by atoms with Crippen molar-refractivity contribution in [1.29, 1.82) is 0 Å². The van der Waals surface area contributed by atoms with E-state index >= 15 is 0 Å². The molecule has 0 aromatic heterocycles. The van der Waals surface area contributed by atoms with Gasteiger partial charge in [-0.15, -0.1) is 0 Å². The van der Waals surface area contributed by atoms with Crippen LogP contribution in [0.2, 0.25) is 0 Å². The molecule has 2 fully saturated rings. The van der Waals surface area contributed by atoms with Gasteiger partial charge in [-0.1, -0.05) is 0 Å². The molecule has 0 radical (unpaired) electrons. The fourth-order valence-electron chi connectivity index (χ4n) is 2.50. The third kappa shape index (κ3) is 1.34. The van der Waals surface area contributed by atoms with E-state index in [2.05, 4.69) is 0 Å². The maximum Gasteiger partial charge on any atom is 0.191 e. The van der Waals surface area contributed by atoms with E-state index in [9.17, 15) is 10.2 Å². The molecule has 0 bridgehead atoms. The summed E-state index contributed by atoms with van der Waals surface area (Å²) in [6.45, 7) is 3.54. The SMILES string of the molecule is CC1(C)O[C@H]2OC3[C@H](O)C(I)=C[C@]3(O)[C@H]2O1. The molecule has 5 nitrogen and oxygen atoms in total. The highest BCUT2D eigenvalue weighted by atomic mass is 127. The molecule has 2 heterocycles. The van der Waals surface area contributed by atoms with Gasteiger partial charge in [0.2, 0.25) is 0 Å². The number of aliphatic hydroxyl groups is 2. The van der Waals surface area contributed by atoms with Crippen molar-refractivity contribution in [2.45, 2.75) is 49.8 Å². The first kappa shape index (κ1) is 11.4. The lowest BCUT2D eigenvalue weighted by molar-refractivity contribution is -0.229. The average Bonchev–Trinajstić information content (AvgIpc) is 2.65. The molecule has 2 N–H and O–H groups in total. The van der Waals surface area contributed by atoms with Gasteiger partial charge in [0.25, 0.3) is 0 Å². The standard InChI is InChI=1S/C10H13IO5/c1-9(2)15-7-8(16-9)14-6-5(12)4(11)3-10(6,7)13/h3,5-8,12-13H,1-2H3/t5-,6?,7+,8-,10-/m1/s1. The lowest BCUT2D eigenvalue weighted by Crippen LogP contribution is -2.47. The Bertz CT molecular complexity index is 368. The van der Waals surface area contributed by atoms with Crippen LogP contribution in [0.15, 0.2) is 9.66 Å².